The fourth-order valence-corrected chi connectivity index (χ4v) is 3.53. The monoisotopic (exact) mass is 432 g/mol. The van der Waals surface area contributed by atoms with Crippen molar-refractivity contribution in [1.82, 2.24) is 0 Å². The quantitative estimate of drug-likeness (QED) is 0.627. The van der Waals surface area contributed by atoms with Gasteiger partial charge < -0.3 is 9.47 Å². The number of carbonyl (C=O) groups excluding carboxylic acids is 1. The van der Waals surface area contributed by atoms with Gasteiger partial charge in [-0.1, -0.05) is 43.5 Å². The Morgan fingerprint density at radius 1 is 1.05 bits per heavy atom. The molecule has 0 N–H and O–H groups in total. The predicted octanol–water partition coefficient (Wildman–Crippen LogP) is 5.11. The molecule has 3 nitrogen and oxygen atoms in total. The van der Waals surface area contributed by atoms with Crippen LogP contribution >= 0.6 is 43.5 Å². The van der Waals surface area contributed by atoms with E-state index in [1.165, 1.54) is 14.2 Å². The summed E-state index contributed by atoms with van der Waals surface area (Å²) in [6, 6.07) is 8.62. The minimum atomic E-state index is -0.182. The van der Waals surface area contributed by atoms with Crippen molar-refractivity contribution in [2.75, 3.05) is 14.2 Å². The number of benzene rings is 2. The normalized spacial score (nSPS) is 10.3. The van der Waals surface area contributed by atoms with E-state index in [0.717, 1.165) is 8.95 Å². The third-order valence-electron chi connectivity index (χ3n) is 2.86. The second-order valence-corrected chi connectivity index (χ2v) is 6.36. The van der Waals surface area contributed by atoms with Crippen molar-refractivity contribution in [1.29, 1.82) is 0 Å². The van der Waals surface area contributed by atoms with Gasteiger partial charge in [0, 0.05) is 14.5 Å². The molecule has 21 heavy (non-hydrogen) atoms. The number of hydrogen-bond donors (Lipinski definition) is 0. The SMILES string of the molecule is COc1ccc(C(=O)c2cc(Br)cc(Br)c2)c(OC)c1Cl. The lowest BCUT2D eigenvalue weighted by molar-refractivity contribution is 0.103. The molecule has 0 atom stereocenters. The molecule has 0 amide bonds. The van der Waals surface area contributed by atoms with Crippen LogP contribution in [0.2, 0.25) is 5.02 Å². The van der Waals surface area contributed by atoms with Gasteiger partial charge in [0.15, 0.2) is 11.5 Å². The number of hydrogen-bond acceptors (Lipinski definition) is 3. The van der Waals surface area contributed by atoms with Crippen molar-refractivity contribution in [2.45, 2.75) is 0 Å². The molecule has 6 heteroatoms. The molecule has 2 rings (SSSR count). The van der Waals surface area contributed by atoms with Crippen molar-refractivity contribution in [3.05, 3.63) is 55.4 Å². The maximum atomic E-state index is 12.7. The topological polar surface area (TPSA) is 35.5 Å². The first-order chi connectivity index (χ1) is 9.97. The van der Waals surface area contributed by atoms with Gasteiger partial charge >= 0.3 is 0 Å². The molecule has 110 valence electrons. The molecule has 0 heterocycles. The Hall–Kier alpha value is -1.04. The molecule has 0 radical (unpaired) electrons. The van der Waals surface area contributed by atoms with Crippen LogP contribution in [0, 0.1) is 0 Å². The van der Waals surface area contributed by atoms with E-state index in [0.29, 0.717) is 22.6 Å². The third kappa shape index (κ3) is 3.42. The number of ether oxygens (including phenoxy) is 2. The van der Waals surface area contributed by atoms with Crippen molar-refractivity contribution in [3.8, 4) is 11.5 Å². The van der Waals surface area contributed by atoms with Crippen LogP contribution in [0.15, 0.2) is 39.3 Å². The smallest absolute Gasteiger partial charge is 0.196 e. The maximum Gasteiger partial charge on any atom is 0.196 e. The first-order valence-electron chi connectivity index (χ1n) is 5.89. The number of carbonyl (C=O) groups is 1. The number of methoxy groups -OCH3 is 2. The Labute approximate surface area is 144 Å². The molecule has 0 aliphatic rings. The lowest BCUT2D eigenvalue weighted by Gasteiger charge is -2.12. The highest BCUT2D eigenvalue weighted by Crippen LogP contribution is 2.38. The predicted molar refractivity (Wildman–Crippen MR) is 89.8 cm³/mol. The molecule has 0 fully saturated rings. The Kier molecular flexibility index (Phi) is 5.30. The minimum absolute atomic E-state index is 0.182. The van der Waals surface area contributed by atoms with Gasteiger partial charge in [-0.15, -0.1) is 0 Å². The Morgan fingerprint density at radius 3 is 2.19 bits per heavy atom. The van der Waals surface area contributed by atoms with Gasteiger partial charge in [-0.05, 0) is 30.3 Å². The first-order valence-corrected chi connectivity index (χ1v) is 7.85. The molecule has 0 spiro atoms. The summed E-state index contributed by atoms with van der Waals surface area (Å²) < 4.78 is 12.0. The van der Waals surface area contributed by atoms with E-state index in [9.17, 15) is 4.79 Å². The molecule has 0 bridgehead atoms. The van der Waals surface area contributed by atoms with E-state index in [1.54, 1.807) is 24.3 Å². The van der Waals surface area contributed by atoms with Crippen molar-refractivity contribution in [2.24, 2.45) is 0 Å². The summed E-state index contributed by atoms with van der Waals surface area (Å²) >= 11 is 12.9. The van der Waals surface area contributed by atoms with Gasteiger partial charge in [0.1, 0.15) is 10.8 Å². The summed E-state index contributed by atoms with van der Waals surface area (Å²) in [5.74, 6) is 0.580. The van der Waals surface area contributed by atoms with E-state index in [-0.39, 0.29) is 10.8 Å². The van der Waals surface area contributed by atoms with Gasteiger partial charge in [0.05, 0.1) is 19.8 Å². The zero-order valence-corrected chi connectivity index (χ0v) is 15.2. The summed E-state index contributed by atoms with van der Waals surface area (Å²) in [4.78, 5) is 12.7. The first kappa shape index (κ1) is 16.3. The van der Waals surface area contributed by atoms with Crippen LogP contribution in [0.1, 0.15) is 15.9 Å². The number of ketones is 1. The zero-order chi connectivity index (χ0) is 15.6. The van der Waals surface area contributed by atoms with Crippen LogP contribution < -0.4 is 9.47 Å². The summed E-state index contributed by atoms with van der Waals surface area (Å²) in [5.41, 5.74) is 0.907. The average molecular weight is 435 g/mol. The van der Waals surface area contributed by atoms with Crippen molar-refractivity contribution < 1.29 is 14.3 Å². The van der Waals surface area contributed by atoms with Gasteiger partial charge in [-0.3, -0.25) is 4.79 Å². The van der Waals surface area contributed by atoms with Crippen molar-refractivity contribution in [3.63, 3.8) is 0 Å². The van der Waals surface area contributed by atoms with E-state index < -0.39 is 0 Å². The summed E-state index contributed by atoms with van der Waals surface area (Å²) in [7, 11) is 2.97. The number of rotatable bonds is 4. The highest BCUT2D eigenvalue weighted by atomic mass is 79.9. The second-order valence-electron chi connectivity index (χ2n) is 4.15. The average Bonchev–Trinajstić information content (AvgIpc) is 2.45. The number of halogens is 3. The Bertz CT molecular complexity index is 681. The van der Waals surface area contributed by atoms with E-state index >= 15 is 0 Å². The zero-order valence-electron chi connectivity index (χ0n) is 11.2. The van der Waals surface area contributed by atoms with Crippen molar-refractivity contribution >= 4 is 49.2 Å². The highest BCUT2D eigenvalue weighted by Gasteiger charge is 2.20. The second kappa shape index (κ2) is 6.81. The molecule has 2 aromatic carbocycles. The minimum Gasteiger partial charge on any atom is -0.495 e. The fraction of sp³-hybridized carbons (Fsp3) is 0.133. The fourth-order valence-electron chi connectivity index (χ4n) is 1.91. The van der Waals surface area contributed by atoms with Gasteiger partial charge in [0.25, 0.3) is 0 Å². The molecule has 0 aromatic heterocycles. The molecular formula is C15H11Br2ClO3. The summed E-state index contributed by atoms with van der Waals surface area (Å²) in [6.07, 6.45) is 0. The molecular weight excluding hydrogens is 423 g/mol. The van der Waals surface area contributed by atoms with Crippen LogP contribution in [0.3, 0.4) is 0 Å². The molecule has 0 unspecified atom stereocenters. The van der Waals surface area contributed by atoms with E-state index in [1.807, 2.05) is 6.07 Å². The summed E-state index contributed by atoms with van der Waals surface area (Å²) in [6.45, 7) is 0. The van der Waals surface area contributed by atoms with Gasteiger partial charge in [-0.2, -0.15) is 0 Å². The van der Waals surface area contributed by atoms with Gasteiger partial charge in [0.2, 0.25) is 0 Å². The lowest BCUT2D eigenvalue weighted by Crippen LogP contribution is -2.05. The van der Waals surface area contributed by atoms with Crippen LogP contribution in [0.25, 0.3) is 0 Å². The molecule has 0 aliphatic carbocycles. The van der Waals surface area contributed by atoms with Crippen LogP contribution in [-0.4, -0.2) is 20.0 Å². The van der Waals surface area contributed by atoms with Crippen LogP contribution in [0.4, 0.5) is 0 Å². The highest BCUT2D eigenvalue weighted by molar-refractivity contribution is 9.11. The molecule has 0 aliphatic heterocycles. The van der Waals surface area contributed by atoms with Crippen LogP contribution in [0.5, 0.6) is 11.5 Å². The Balaban J connectivity index is 2.55. The Morgan fingerprint density at radius 2 is 1.67 bits per heavy atom. The standard InChI is InChI=1S/C15H11Br2ClO3/c1-20-12-4-3-11(15(21-2)13(12)18)14(19)8-5-9(16)7-10(17)6-8/h3-7H,1-2H3. The third-order valence-corrected chi connectivity index (χ3v) is 4.13. The van der Waals surface area contributed by atoms with E-state index in [4.69, 9.17) is 21.1 Å². The summed E-state index contributed by atoms with van der Waals surface area (Å²) in [5, 5.41) is 0.278. The molecule has 2 aromatic rings. The largest absolute Gasteiger partial charge is 0.495 e. The maximum absolute atomic E-state index is 12.7. The molecule has 0 saturated heterocycles. The van der Waals surface area contributed by atoms with E-state index in [2.05, 4.69) is 31.9 Å². The van der Waals surface area contributed by atoms with Crippen LogP contribution in [-0.2, 0) is 0 Å². The lowest BCUT2D eigenvalue weighted by atomic mass is 10.0. The molecule has 0 saturated carbocycles. The van der Waals surface area contributed by atoms with Gasteiger partial charge in [-0.25, -0.2) is 0 Å².